The zero-order valence-electron chi connectivity index (χ0n) is 17.9. The third kappa shape index (κ3) is 3.85. The monoisotopic (exact) mass is 364 g/mol. The molecule has 1 saturated carbocycles. The smallest absolute Gasteiger partial charge is 0.0716 e. The lowest BCUT2D eigenvalue weighted by Crippen LogP contribution is -2.34. The predicted octanol–water partition coefficient (Wildman–Crippen LogP) is 6.63. The summed E-state index contributed by atoms with van der Waals surface area (Å²) in [5.41, 5.74) is 6.50. The molecule has 0 N–H and O–H groups in total. The maximum atomic E-state index is 5.98. The predicted molar refractivity (Wildman–Crippen MR) is 116 cm³/mol. The van der Waals surface area contributed by atoms with Crippen LogP contribution in [0.5, 0.6) is 0 Å². The van der Waals surface area contributed by atoms with E-state index in [0.717, 1.165) is 12.2 Å². The largest absolute Gasteiger partial charge is 0.376 e. The van der Waals surface area contributed by atoms with Gasteiger partial charge >= 0.3 is 0 Å². The van der Waals surface area contributed by atoms with Gasteiger partial charge in [-0.15, -0.1) is 0 Å². The second-order valence-corrected chi connectivity index (χ2v) is 10.0. The van der Waals surface area contributed by atoms with Gasteiger partial charge in [-0.25, -0.2) is 0 Å². The highest BCUT2D eigenvalue weighted by molar-refractivity contribution is 5.47. The molecule has 1 nitrogen and oxygen atoms in total. The molecule has 1 aromatic carbocycles. The van der Waals surface area contributed by atoms with Gasteiger partial charge in [-0.2, -0.15) is 0 Å². The molecule has 1 heteroatoms. The van der Waals surface area contributed by atoms with Crippen LogP contribution in [-0.2, 0) is 21.0 Å². The van der Waals surface area contributed by atoms with Gasteiger partial charge in [0.25, 0.3) is 0 Å². The third-order valence-corrected chi connectivity index (χ3v) is 7.11. The van der Waals surface area contributed by atoms with E-state index in [1.165, 1.54) is 24.8 Å². The summed E-state index contributed by atoms with van der Waals surface area (Å²) < 4.78 is 5.98. The molecule has 0 aliphatic heterocycles. The molecule has 0 bridgehead atoms. The van der Waals surface area contributed by atoms with Crippen LogP contribution in [0, 0.1) is 5.92 Å². The molecule has 0 radical (unpaired) electrons. The second kappa shape index (κ2) is 7.09. The van der Waals surface area contributed by atoms with Crippen molar-refractivity contribution in [2.24, 2.45) is 5.92 Å². The molecule has 2 unspecified atom stereocenters. The molecule has 2 aliphatic rings. The first-order valence-corrected chi connectivity index (χ1v) is 10.3. The molecule has 0 aromatic heterocycles. The van der Waals surface area contributed by atoms with Crippen LogP contribution in [0.3, 0.4) is 0 Å². The Hall–Kier alpha value is -1.60. The first kappa shape index (κ1) is 20.1. The van der Waals surface area contributed by atoms with Gasteiger partial charge in [0, 0.05) is 0 Å². The minimum atomic E-state index is 0.253. The van der Waals surface area contributed by atoms with Crippen molar-refractivity contribution < 1.29 is 4.74 Å². The topological polar surface area (TPSA) is 9.23 Å². The molecule has 0 saturated heterocycles. The van der Waals surface area contributed by atoms with E-state index >= 15 is 0 Å². The first-order chi connectivity index (χ1) is 12.6. The summed E-state index contributed by atoms with van der Waals surface area (Å²) in [5, 5.41) is 0. The Kier molecular flexibility index (Phi) is 5.29. The lowest BCUT2D eigenvalue weighted by atomic mass is 9.62. The standard InChI is InChI=1S/C26H36O/c1-8-10-19(9-2)17-27-18-21-16-26(21,7)20-11-12-22-23(15-20)25(5,6)14-13-24(22,3)4/h8-12,15,21H,1-2,13-14,16-18H2,3-7H3/b19-10+. The Balaban J connectivity index is 1.74. The number of allylic oxidation sites excluding steroid dienone is 2. The molecular weight excluding hydrogens is 328 g/mol. The fourth-order valence-corrected chi connectivity index (χ4v) is 4.64. The molecule has 0 heterocycles. The van der Waals surface area contributed by atoms with Gasteiger partial charge in [0.15, 0.2) is 0 Å². The Morgan fingerprint density at radius 2 is 1.74 bits per heavy atom. The number of ether oxygens (including phenoxy) is 1. The maximum Gasteiger partial charge on any atom is 0.0716 e. The summed E-state index contributed by atoms with van der Waals surface area (Å²) in [6, 6.07) is 7.31. The van der Waals surface area contributed by atoms with Crippen molar-refractivity contribution in [1.29, 1.82) is 0 Å². The summed E-state index contributed by atoms with van der Waals surface area (Å²) in [7, 11) is 0. The number of rotatable bonds is 7. The van der Waals surface area contributed by atoms with Gasteiger partial charge in [0.05, 0.1) is 13.2 Å². The van der Waals surface area contributed by atoms with Crippen LogP contribution in [0.25, 0.3) is 0 Å². The van der Waals surface area contributed by atoms with E-state index in [1.54, 1.807) is 17.2 Å². The Labute approximate surface area is 166 Å². The van der Waals surface area contributed by atoms with Crippen LogP contribution in [0.1, 0.15) is 70.6 Å². The molecule has 0 amide bonds. The van der Waals surface area contributed by atoms with Crippen LogP contribution >= 0.6 is 0 Å². The van der Waals surface area contributed by atoms with E-state index in [2.05, 4.69) is 66.0 Å². The van der Waals surface area contributed by atoms with Crippen LogP contribution in [-0.4, -0.2) is 13.2 Å². The molecule has 1 aromatic rings. The molecular formula is C26H36O. The Morgan fingerprint density at radius 3 is 2.37 bits per heavy atom. The van der Waals surface area contributed by atoms with E-state index in [0.29, 0.717) is 12.5 Å². The van der Waals surface area contributed by atoms with E-state index in [4.69, 9.17) is 4.74 Å². The lowest BCUT2D eigenvalue weighted by Gasteiger charge is -2.42. The van der Waals surface area contributed by atoms with Crippen molar-refractivity contribution in [2.75, 3.05) is 13.2 Å². The third-order valence-electron chi connectivity index (χ3n) is 7.11. The van der Waals surface area contributed by atoms with Crippen LogP contribution in [0.4, 0.5) is 0 Å². The quantitative estimate of drug-likeness (QED) is 0.493. The van der Waals surface area contributed by atoms with Crippen molar-refractivity contribution in [3.63, 3.8) is 0 Å². The first-order valence-electron chi connectivity index (χ1n) is 10.3. The Bertz CT molecular complexity index is 764. The van der Waals surface area contributed by atoms with Gasteiger partial charge in [0.1, 0.15) is 0 Å². The zero-order chi connectivity index (χ0) is 19.9. The van der Waals surface area contributed by atoms with E-state index in [1.807, 2.05) is 12.2 Å². The average Bonchev–Trinajstić information content (AvgIpc) is 3.29. The van der Waals surface area contributed by atoms with Crippen molar-refractivity contribution in [3.05, 3.63) is 71.8 Å². The van der Waals surface area contributed by atoms with E-state index in [-0.39, 0.29) is 16.2 Å². The van der Waals surface area contributed by atoms with Crippen LogP contribution in [0.15, 0.2) is 55.2 Å². The van der Waals surface area contributed by atoms with Gasteiger partial charge in [0.2, 0.25) is 0 Å². The average molecular weight is 365 g/mol. The van der Waals surface area contributed by atoms with Gasteiger partial charge < -0.3 is 4.74 Å². The molecule has 3 rings (SSSR count). The Morgan fingerprint density at radius 1 is 1.07 bits per heavy atom. The summed E-state index contributed by atoms with van der Waals surface area (Å²) in [4.78, 5) is 0. The molecule has 1 fully saturated rings. The highest BCUT2D eigenvalue weighted by atomic mass is 16.5. The van der Waals surface area contributed by atoms with Gasteiger partial charge in [-0.3, -0.25) is 0 Å². The highest BCUT2D eigenvalue weighted by Gasteiger charge is 2.51. The molecule has 0 spiro atoms. The second-order valence-electron chi connectivity index (χ2n) is 10.0. The number of fused-ring (bicyclic) bond motifs is 1. The minimum Gasteiger partial charge on any atom is -0.376 e. The van der Waals surface area contributed by atoms with Crippen molar-refractivity contribution in [1.82, 2.24) is 0 Å². The highest BCUT2D eigenvalue weighted by Crippen LogP contribution is 2.56. The SMILES string of the molecule is C=C/C=C(\C=C)COCC1CC1(C)c1ccc2c(c1)C(C)(C)CCC2(C)C. The summed E-state index contributed by atoms with van der Waals surface area (Å²) in [6.07, 6.45) is 9.35. The summed E-state index contributed by atoms with van der Waals surface area (Å²) in [6.45, 7) is 21.0. The molecule has 27 heavy (non-hydrogen) atoms. The normalized spacial score (nSPS) is 28.3. The number of hydrogen-bond acceptors (Lipinski definition) is 1. The van der Waals surface area contributed by atoms with Crippen molar-refractivity contribution in [3.8, 4) is 0 Å². The zero-order valence-corrected chi connectivity index (χ0v) is 17.9. The summed E-state index contributed by atoms with van der Waals surface area (Å²) >= 11 is 0. The molecule has 2 atom stereocenters. The van der Waals surface area contributed by atoms with E-state index < -0.39 is 0 Å². The van der Waals surface area contributed by atoms with Crippen molar-refractivity contribution >= 4 is 0 Å². The van der Waals surface area contributed by atoms with Gasteiger partial charge in [-0.1, -0.05) is 84.2 Å². The van der Waals surface area contributed by atoms with Crippen molar-refractivity contribution in [2.45, 2.75) is 70.1 Å². The lowest BCUT2D eigenvalue weighted by molar-refractivity contribution is 0.141. The summed E-state index contributed by atoms with van der Waals surface area (Å²) in [5.74, 6) is 0.602. The van der Waals surface area contributed by atoms with Crippen LogP contribution < -0.4 is 0 Å². The number of hydrogen-bond donors (Lipinski definition) is 0. The number of benzene rings is 1. The molecule has 2 aliphatic carbocycles. The van der Waals surface area contributed by atoms with E-state index in [9.17, 15) is 0 Å². The van der Waals surface area contributed by atoms with Crippen LogP contribution in [0.2, 0.25) is 0 Å². The minimum absolute atomic E-state index is 0.253. The fraction of sp³-hybridized carbons (Fsp3) is 0.538. The van der Waals surface area contributed by atoms with Gasteiger partial charge in [-0.05, 0) is 63.7 Å². The molecule has 146 valence electrons. The maximum absolute atomic E-state index is 5.98. The fourth-order valence-electron chi connectivity index (χ4n) is 4.64.